The lowest BCUT2D eigenvalue weighted by molar-refractivity contribution is -0.123. The van der Waals surface area contributed by atoms with Crippen LogP contribution >= 0.6 is 11.3 Å². The molecule has 1 fully saturated rings. The van der Waals surface area contributed by atoms with Crippen molar-refractivity contribution in [3.63, 3.8) is 0 Å². The van der Waals surface area contributed by atoms with Crippen LogP contribution in [0.15, 0.2) is 10.6 Å². The van der Waals surface area contributed by atoms with Crippen molar-refractivity contribution in [2.24, 2.45) is 11.1 Å². The molecular formula is C17H24N4O2S. The molecule has 0 radical (unpaired) electrons. The summed E-state index contributed by atoms with van der Waals surface area (Å²) in [6.45, 7) is 7.62. The molecule has 0 atom stereocenters. The highest BCUT2D eigenvalue weighted by atomic mass is 32.1. The first-order valence-corrected chi connectivity index (χ1v) is 9.06. The zero-order chi connectivity index (χ0) is 17.5. The minimum Gasteiger partial charge on any atom is -0.333 e. The van der Waals surface area contributed by atoms with E-state index in [9.17, 15) is 4.79 Å². The normalized spacial score (nSPS) is 17.2. The largest absolute Gasteiger partial charge is 0.333 e. The second-order valence-corrected chi connectivity index (χ2v) is 8.67. The molecule has 0 unspecified atom stereocenters. The zero-order valence-corrected chi connectivity index (χ0v) is 15.4. The maximum absolute atomic E-state index is 12.1. The van der Waals surface area contributed by atoms with Gasteiger partial charge in [-0.25, -0.2) is 0 Å². The Bertz CT molecular complexity index is 751. The fourth-order valence-corrected chi connectivity index (χ4v) is 3.79. The van der Waals surface area contributed by atoms with Crippen LogP contribution in [0.3, 0.4) is 0 Å². The predicted molar refractivity (Wildman–Crippen MR) is 94.8 cm³/mol. The quantitative estimate of drug-likeness (QED) is 0.879. The molecule has 0 saturated heterocycles. The van der Waals surface area contributed by atoms with Gasteiger partial charge >= 0.3 is 0 Å². The number of amides is 1. The van der Waals surface area contributed by atoms with E-state index >= 15 is 0 Å². The molecule has 3 rings (SSSR count). The van der Waals surface area contributed by atoms with Crippen molar-refractivity contribution in [1.82, 2.24) is 10.1 Å². The van der Waals surface area contributed by atoms with Gasteiger partial charge in [0.25, 0.3) is 5.89 Å². The molecule has 0 bridgehead atoms. The van der Waals surface area contributed by atoms with Crippen LogP contribution in [-0.4, -0.2) is 16.0 Å². The Labute approximate surface area is 145 Å². The van der Waals surface area contributed by atoms with Crippen molar-refractivity contribution in [2.45, 2.75) is 58.9 Å². The van der Waals surface area contributed by atoms with Crippen LogP contribution in [0.25, 0.3) is 10.8 Å². The van der Waals surface area contributed by atoms with E-state index in [0.717, 1.165) is 41.1 Å². The van der Waals surface area contributed by atoms with E-state index in [-0.39, 0.29) is 5.91 Å². The van der Waals surface area contributed by atoms with E-state index in [1.54, 1.807) is 0 Å². The molecule has 2 aromatic heterocycles. The maximum atomic E-state index is 12.1. The van der Waals surface area contributed by atoms with Gasteiger partial charge in [-0.05, 0) is 31.4 Å². The van der Waals surface area contributed by atoms with Crippen LogP contribution < -0.4 is 11.1 Å². The van der Waals surface area contributed by atoms with Crippen molar-refractivity contribution in [1.29, 1.82) is 0 Å². The molecule has 0 aromatic carbocycles. The Morgan fingerprint density at radius 3 is 2.67 bits per heavy atom. The molecule has 1 aliphatic rings. The number of hydrogen-bond acceptors (Lipinski definition) is 6. The van der Waals surface area contributed by atoms with Crippen LogP contribution in [0.2, 0.25) is 0 Å². The van der Waals surface area contributed by atoms with Crippen molar-refractivity contribution >= 4 is 22.2 Å². The van der Waals surface area contributed by atoms with E-state index in [1.807, 2.05) is 33.8 Å². The lowest BCUT2D eigenvalue weighted by Gasteiger charge is -2.17. The van der Waals surface area contributed by atoms with Gasteiger partial charge in [-0.15, -0.1) is 11.3 Å². The first-order valence-electron chi connectivity index (χ1n) is 8.24. The monoisotopic (exact) mass is 348 g/mol. The summed E-state index contributed by atoms with van der Waals surface area (Å²) >= 11 is 1.44. The van der Waals surface area contributed by atoms with Crippen LogP contribution in [0.1, 0.15) is 57.8 Å². The number of nitrogens with zero attached hydrogens (tertiary/aromatic N) is 2. The molecule has 1 aliphatic carbocycles. The molecule has 6 nitrogen and oxygen atoms in total. The van der Waals surface area contributed by atoms with E-state index in [0.29, 0.717) is 11.7 Å². The van der Waals surface area contributed by atoms with Crippen molar-refractivity contribution in [3.8, 4) is 10.8 Å². The first-order chi connectivity index (χ1) is 11.2. The number of carbonyl (C=O) groups excluding carboxylic acids is 1. The summed E-state index contributed by atoms with van der Waals surface area (Å²) in [5, 5.41) is 7.84. The molecule has 0 aliphatic heterocycles. The Hall–Kier alpha value is -1.73. The number of aromatic nitrogens is 2. The summed E-state index contributed by atoms with van der Waals surface area (Å²) in [7, 11) is 0. The van der Waals surface area contributed by atoms with Gasteiger partial charge < -0.3 is 15.6 Å². The summed E-state index contributed by atoms with van der Waals surface area (Å²) in [6.07, 6.45) is 3.98. The number of thiophene rings is 1. The predicted octanol–water partition coefficient (Wildman–Crippen LogP) is 3.82. The number of rotatable bonds is 3. The Morgan fingerprint density at radius 1 is 1.38 bits per heavy atom. The highest BCUT2D eigenvalue weighted by Crippen LogP contribution is 2.38. The van der Waals surface area contributed by atoms with Gasteiger partial charge in [-0.2, -0.15) is 4.98 Å². The second-order valence-electron chi connectivity index (χ2n) is 7.61. The molecule has 2 heterocycles. The van der Waals surface area contributed by atoms with Crippen molar-refractivity contribution < 1.29 is 9.32 Å². The van der Waals surface area contributed by atoms with Crippen molar-refractivity contribution in [2.75, 3.05) is 5.32 Å². The molecule has 2 aromatic rings. The molecule has 3 N–H and O–H groups in total. The highest BCUT2D eigenvalue weighted by molar-refractivity contribution is 7.19. The van der Waals surface area contributed by atoms with Crippen LogP contribution in [-0.2, 0) is 10.3 Å². The molecule has 1 saturated carbocycles. The SMILES string of the molecule is Cc1cc(NC(=O)C(C)(C)C)sc1-c1nc(C2(N)CCCC2)no1. The second kappa shape index (κ2) is 5.97. The fourth-order valence-electron chi connectivity index (χ4n) is 2.80. The topological polar surface area (TPSA) is 94.0 Å². The maximum Gasteiger partial charge on any atom is 0.268 e. The third-order valence-corrected chi connectivity index (χ3v) is 5.54. The molecule has 1 amide bonds. The Morgan fingerprint density at radius 2 is 2.04 bits per heavy atom. The number of nitrogens with one attached hydrogen (secondary N) is 1. The summed E-state index contributed by atoms with van der Waals surface area (Å²) in [5.41, 5.74) is 6.48. The van der Waals surface area contributed by atoms with E-state index in [2.05, 4.69) is 15.5 Å². The average molecular weight is 348 g/mol. The van der Waals surface area contributed by atoms with Crippen LogP contribution in [0, 0.1) is 12.3 Å². The molecular weight excluding hydrogens is 324 g/mol. The van der Waals surface area contributed by atoms with Gasteiger partial charge in [0.05, 0.1) is 15.4 Å². The zero-order valence-electron chi connectivity index (χ0n) is 14.6. The third kappa shape index (κ3) is 3.23. The number of hydrogen-bond donors (Lipinski definition) is 2. The van der Waals surface area contributed by atoms with Gasteiger partial charge in [0.1, 0.15) is 0 Å². The van der Waals surface area contributed by atoms with Crippen LogP contribution in [0.4, 0.5) is 5.00 Å². The molecule has 130 valence electrons. The minimum atomic E-state index is -0.462. The molecule has 7 heteroatoms. The highest BCUT2D eigenvalue weighted by Gasteiger charge is 2.36. The first kappa shape index (κ1) is 17.1. The average Bonchev–Trinajstić information content (AvgIpc) is 3.18. The minimum absolute atomic E-state index is 0.0200. The lowest BCUT2D eigenvalue weighted by atomic mass is 9.96. The van der Waals surface area contributed by atoms with Crippen molar-refractivity contribution in [3.05, 3.63) is 17.5 Å². The fraction of sp³-hybridized carbons (Fsp3) is 0.588. The number of anilines is 1. The number of carbonyl (C=O) groups is 1. The van der Waals surface area contributed by atoms with Crippen LogP contribution in [0.5, 0.6) is 0 Å². The summed E-state index contributed by atoms with van der Waals surface area (Å²) in [4.78, 5) is 17.5. The molecule has 0 spiro atoms. The van der Waals surface area contributed by atoms with Gasteiger partial charge in [-0.3, -0.25) is 4.79 Å². The standard InChI is InChI=1S/C17H24N4O2S/c1-10-9-11(19-15(22)16(2,3)4)24-12(10)13-20-14(21-23-13)17(18)7-5-6-8-17/h9H,5-8,18H2,1-4H3,(H,19,22). The van der Waals surface area contributed by atoms with E-state index in [4.69, 9.17) is 10.3 Å². The van der Waals surface area contributed by atoms with E-state index < -0.39 is 11.0 Å². The van der Waals surface area contributed by atoms with E-state index in [1.165, 1.54) is 11.3 Å². The third-order valence-electron chi connectivity index (χ3n) is 4.40. The van der Waals surface area contributed by atoms with Gasteiger partial charge in [0.15, 0.2) is 5.82 Å². The molecule has 24 heavy (non-hydrogen) atoms. The Kier molecular flexibility index (Phi) is 4.25. The number of nitrogens with two attached hydrogens (primary N) is 1. The summed E-state index contributed by atoms with van der Waals surface area (Å²) in [5.74, 6) is 1.04. The lowest BCUT2D eigenvalue weighted by Crippen LogP contribution is -2.34. The number of aryl methyl sites for hydroxylation is 1. The Balaban J connectivity index is 1.83. The summed E-state index contributed by atoms with van der Waals surface area (Å²) in [6, 6.07) is 1.93. The van der Waals surface area contributed by atoms with Gasteiger partial charge in [0.2, 0.25) is 5.91 Å². The van der Waals surface area contributed by atoms with Gasteiger partial charge in [-0.1, -0.05) is 38.8 Å². The smallest absolute Gasteiger partial charge is 0.268 e. The van der Waals surface area contributed by atoms with Gasteiger partial charge in [0, 0.05) is 5.41 Å². The summed E-state index contributed by atoms with van der Waals surface area (Å²) < 4.78 is 5.45.